The Hall–Kier alpha value is -0.770. The second-order valence-corrected chi connectivity index (χ2v) is 4.09. The van der Waals surface area contributed by atoms with Gasteiger partial charge in [0.05, 0.1) is 7.11 Å². The van der Waals surface area contributed by atoms with Crippen LogP contribution in [-0.4, -0.2) is 13.1 Å². The van der Waals surface area contributed by atoms with Gasteiger partial charge in [0.15, 0.2) is 24.8 Å². The summed E-state index contributed by atoms with van der Waals surface area (Å²) in [5.74, 6) is -0.250. The predicted molar refractivity (Wildman–Crippen MR) is 65.3 cm³/mol. The van der Waals surface area contributed by atoms with Crippen LogP contribution in [0.1, 0.15) is 0 Å². The highest BCUT2D eigenvalue weighted by molar-refractivity contribution is 5.67. The van der Waals surface area contributed by atoms with E-state index in [-0.39, 0.29) is 60.5 Å². The monoisotopic (exact) mass is 498 g/mol. The van der Waals surface area contributed by atoms with E-state index in [0.717, 1.165) is 11.1 Å². The summed E-state index contributed by atoms with van der Waals surface area (Å²) in [6, 6.07) is 8.08. The molecule has 2 rings (SSSR count). The van der Waals surface area contributed by atoms with Crippen LogP contribution in [0.2, 0.25) is 0 Å². The summed E-state index contributed by atoms with van der Waals surface area (Å²) in [7, 11) is 3.38. The third kappa shape index (κ3) is 5.31. The number of nitrogens with zero attached hydrogens (tertiary/aromatic N) is 2. The first-order chi connectivity index (χ1) is 8.69. The highest BCUT2D eigenvalue weighted by atomic mass is 127. The Morgan fingerprint density at radius 3 is 1.90 bits per heavy atom. The third-order valence-electron chi connectivity index (χ3n) is 2.74. The maximum Gasteiger partial charge on any atom is 0.372 e. The molecule has 0 aliphatic rings. The van der Waals surface area contributed by atoms with Crippen molar-refractivity contribution in [1.29, 1.82) is 0 Å². The Morgan fingerprint density at radius 2 is 1.45 bits per heavy atom. The molecule has 0 bridgehead atoms. The average Bonchev–Trinajstić information content (AvgIpc) is 2.40. The van der Waals surface area contributed by atoms with Gasteiger partial charge in [0.1, 0.15) is 7.05 Å². The molecule has 0 spiro atoms. The molecule has 20 heavy (non-hydrogen) atoms. The molecule has 0 aliphatic heterocycles. The zero-order valence-corrected chi connectivity index (χ0v) is 15.6. The lowest BCUT2D eigenvalue weighted by Crippen LogP contribution is -3.00. The molecule has 0 saturated carbocycles. The highest BCUT2D eigenvalue weighted by Crippen LogP contribution is 2.15. The lowest BCUT2D eigenvalue weighted by Gasteiger charge is -1.99. The van der Waals surface area contributed by atoms with E-state index in [1.807, 2.05) is 48.5 Å². The van der Waals surface area contributed by atoms with Gasteiger partial charge < -0.3 is 52.7 Å². The van der Waals surface area contributed by atoms with Crippen LogP contribution >= 0.6 is 0 Å². The van der Waals surface area contributed by atoms with Crippen molar-refractivity contribution < 1.29 is 66.6 Å². The first kappa shape index (κ1) is 19.2. The van der Waals surface area contributed by atoms with Crippen LogP contribution in [0.5, 0.6) is 0 Å². The smallest absolute Gasteiger partial charge is 0.372 e. The first-order valence-corrected chi connectivity index (χ1v) is 5.70. The fraction of sp³-hybridized carbons (Fsp3) is 0.214. The average molecular weight is 498 g/mol. The van der Waals surface area contributed by atoms with Crippen LogP contribution in [0.15, 0.2) is 49.1 Å². The summed E-state index contributed by atoms with van der Waals surface area (Å²) in [6.07, 6.45) is 7.76. The van der Waals surface area contributed by atoms with Crippen molar-refractivity contribution in [3.8, 4) is 11.1 Å². The fourth-order valence-corrected chi connectivity index (χ4v) is 1.66. The molecule has 2 aromatic rings. The van der Waals surface area contributed by atoms with Crippen LogP contribution < -0.4 is 57.1 Å². The highest BCUT2D eigenvalue weighted by Gasteiger charge is 2.09. The molecule has 0 aliphatic carbocycles. The number of aryl methyl sites for hydroxylation is 1. The fourth-order valence-electron chi connectivity index (χ4n) is 1.66. The summed E-state index contributed by atoms with van der Waals surface area (Å²) in [4.78, 5) is 11.1. The Morgan fingerprint density at radius 1 is 1.00 bits per heavy atom. The summed E-state index contributed by atoms with van der Waals surface area (Å²) in [6.45, 7) is 0.237. The molecule has 2 heterocycles. The molecule has 6 heteroatoms. The van der Waals surface area contributed by atoms with Crippen molar-refractivity contribution in [2.45, 2.75) is 6.54 Å². The number of carbonyl (C=O) groups excluding carboxylic acids is 1. The van der Waals surface area contributed by atoms with Crippen molar-refractivity contribution in [3.63, 3.8) is 0 Å². The van der Waals surface area contributed by atoms with Gasteiger partial charge in [0, 0.05) is 24.3 Å². The van der Waals surface area contributed by atoms with Crippen molar-refractivity contribution in [1.82, 2.24) is 0 Å². The Balaban J connectivity index is 0.00000180. The Kier molecular flexibility index (Phi) is 8.86. The molecule has 0 saturated heterocycles. The summed E-state index contributed by atoms with van der Waals surface area (Å²) in [5.41, 5.74) is 2.27. The number of esters is 1. The summed E-state index contributed by atoms with van der Waals surface area (Å²) in [5, 5.41) is 0. The van der Waals surface area contributed by atoms with Gasteiger partial charge >= 0.3 is 5.97 Å². The number of hydrogen-bond acceptors (Lipinski definition) is 2. The van der Waals surface area contributed by atoms with Crippen molar-refractivity contribution >= 4 is 5.97 Å². The SMILES string of the molecule is COC(=O)C[n+]1ccc(-c2cc[n+](C)cc2)cc1.[I-].[I-]. The molecule has 0 aromatic carbocycles. The first-order valence-electron chi connectivity index (χ1n) is 5.70. The van der Waals surface area contributed by atoms with E-state index in [2.05, 4.69) is 16.9 Å². The maximum atomic E-state index is 11.1. The Labute approximate surface area is 152 Å². The number of ether oxygens (including phenoxy) is 1. The van der Waals surface area contributed by atoms with Gasteiger partial charge in [0.25, 0.3) is 0 Å². The van der Waals surface area contributed by atoms with Gasteiger partial charge in [-0.25, -0.2) is 9.36 Å². The largest absolute Gasteiger partial charge is 1.00 e. The standard InChI is InChI=1S/C14H16N2O2.2HI/c1-15-7-3-12(4-8-15)13-5-9-16(10-6-13)11-14(17)18-2;;/h3-10H,11H2,1-2H3;2*1H/q+2;;/p-2. The number of pyridine rings is 2. The Bertz CT molecular complexity index is 542. The minimum Gasteiger partial charge on any atom is -1.00 e. The maximum absolute atomic E-state index is 11.1. The second kappa shape index (κ2) is 9.22. The van der Waals surface area contributed by atoms with Crippen molar-refractivity contribution in [2.75, 3.05) is 7.11 Å². The molecule has 0 unspecified atom stereocenters. The van der Waals surface area contributed by atoms with Crippen LogP contribution in [0.25, 0.3) is 11.1 Å². The molecule has 2 aromatic heterocycles. The second-order valence-electron chi connectivity index (χ2n) is 4.09. The molecular weight excluding hydrogens is 482 g/mol. The zero-order valence-electron chi connectivity index (χ0n) is 11.3. The van der Waals surface area contributed by atoms with E-state index in [4.69, 9.17) is 0 Å². The number of hydrogen-bond donors (Lipinski definition) is 0. The van der Waals surface area contributed by atoms with Crippen LogP contribution in [0.3, 0.4) is 0 Å². The number of methoxy groups -OCH3 is 1. The van der Waals surface area contributed by atoms with Gasteiger partial charge in [-0.1, -0.05) is 0 Å². The van der Waals surface area contributed by atoms with E-state index in [0.29, 0.717) is 0 Å². The van der Waals surface area contributed by atoms with Gasteiger partial charge in [-0.3, -0.25) is 0 Å². The van der Waals surface area contributed by atoms with E-state index < -0.39 is 0 Å². The molecule has 0 atom stereocenters. The predicted octanol–water partition coefficient (Wildman–Crippen LogP) is -5.35. The third-order valence-corrected chi connectivity index (χ3v) is 2.74. The molecule has 108 valence electrons. The molecule has 4 nitrogen and oxygen atoms in total. The van der Waals surface area contributed by atoms with Gasteiger partial charge in [-0.2, -0.15) is 4.57 Å². The van der Waals surface area contributed by atoms with E-state index in [9.17, 15) is 4.79 Å². The number of halogens is 2. The number of carbonyl (C=O) groups is 1. The quantitative estimate of drug-likeness (QED) is 0.241. The van der Waals surface area contributed by atoms with Crippen LogP contribution in [0.4, 0.5) is 0 Å². The van der Waals surface area contributed by atoms with Gasteiger partial charge in [-0.15, -0.1) is 0 Å². The normalized spacial score (nSPS) is 9.10. The minimum atomic E-state index is -0.250. The van der Waals surface area contributed by atoms with Gasteiger partial charge in [0.2, 0.25) is 6.54 Å². The minimum absolute atomic E-state index is 0. The van der Waals surface area contributed by atoms with Crippen molar-refractivity contribution in [3.05, 3.63) is 49.1 Å². The molecule has 0 fully saturated rings. The van der Waals surface area contributed by atoms with Gasteiger partial charge in [-0.05, 0) is 11.1 Å². The van der Waals surface area contributed by atoms with Crippen LogP contribution in [-0.2, 0) is 23.1 Å². The zero-order chi connectivity index (χ0) is 13.0. The van der Waals surface area contributed by atoms with Crippen LogP contribution in [0, 0.1) is 0 Å². The summed E-state index contributed by atoms with van der Waals surface area (Å²) >= 11 is 0. The van der Waals surface area contributed by atoms with Crippen molar-refractivity contribution in [2.24, 2.45) is 7.05 Å². The van der Waals surface area contributed by atoms with E-state index in [1.54, 1.807) is 4.57 Å². The van der Waals surface area contributed by atoms with E-state index in [1.165, 1.54) is 7.11 Å². The molecule has 0 radical (unpaired) electrons. The topological polar surface area (TPSA) is 34.1 Å². The molecule has 0 amide bonds. The number of rotatable bonds is 3. The number of aromatic nitrogens is 2. The molecular formula is C14H16I2N2O2. The lowest BCUT2D eigenvalue weighted by atomic mass is 10.1. The summed E-state index contributed by atoms with van der Waals surface area (Å²) < 4.78 is 8.40. The van der Waals surface area contributed by atoms with E-state index >= 15 is 0 Å². The lowest BCUT2D eigenvalue weighted by molar-refractivity contribution is -0.685. The molecule has 0 N–H and O–H groups in total.